The first-order valence-corrected chi connectivity index (χ1v) is 11.5. The van der Waals surface area contributed by atoms with Crippen molar-refractivity contribution < 1.29 is 30.0 Å². The molecule has 0 spiro atoms. The van der Waals surface area contributed by atoms with Crippen LogP contribution in [-0.4, -0.2) is 27.7 Å². The van der Waals surface area contributed by atoms with Crippen LogP contribution in [0.5, 0.6) is 0 Å². The minimum absolute atomic E-state index is 0.0311. The molecule has 0 amide bonds. The largest absolute Gasteiger partial charge is 0.498 e. The van der Waals surface area contributed by atoms with Gasteiger partial charge in [0.15, 0.2) is 0 Å². The lowest BCUT2D eigenvalue weighted by molar-refractivity contribution is -0.0444. The SMILES string of the molecule is Cc1c(Cl)cccc1S(=O)(=O)Nc1cscc1CC(N)S(=O)(=O)C(F)(F)F. The molecule has 150 valence electrons. The number of thiophene rings is 1. The predicted molar refractivity (Wildman–Crippen MR) is 98.0 cm³/mol. The number of hydrogen-bond donors (Lipinski definition) is 2. The van der Waals surface area contributed by atoms with Crippen molar-refractivity contribution in [2.45, 2.75) is 29.1 Å². The van der Waals surface area contributed by atoms with Crippen molar-refractivity contribution in [3.63, 3.8) is 0 Å². The van der Waals surface area contributed by atoms with Gasteiger partial charge in [-0.3, -0.25) is 4.72 Å². The second kappa shape index (κ2) is 7.59. The summed E-state index contributed by atoms with van der Waals surface area (Å²) in [5.41, 5.74) is -0.00775. The summed E-state index contributed by atoms with van der Waals surface area (Å²) in [7, 11) is -9.69. The molecule has 0 bridgehead atoms. The lowest BCUT2D eigenvalue weighted by Gasteiger charge is -2.16. The van der Waals surface area contributed by atoms with Gasteiger partial charge in [-0.15, -0.1) is 11.3 Å². The highest BCUT2D eigenvalue weighted by Gasteiger charge is 2.49. The molecular weight excluding hydrogens is 449 g/mol. The summed E-state index contributed by atoms with van der Waals surface area (Å²) >= 11 is 6.90. The van der Waals surface area contributed by atoms with Gasteiger partial charge in [0.25, 0.3) is 19.9 Å². The molecule has 1 unspecified atom stereocenters. The van der Waals surface area contributed by atoms with Crippen LogP contribution in [0.3, 0.4) is 0 Å². The molecule has 27 heavy (non-hydrogen) atoms. The highest BCUT2D eigenvalue weighted by atomic mass is 35.5. The van der Waals surface area contributed by atoms with Gasteiger partial charge in [0.05, 0.1) is 10.6 Å². The van der Waals surface area contributed by atoms with Crippen LogP contribution < -0.4 is 10.5 Å². The molecule has 0 saturated carbocycles. The zero-order valence-electron chi connectivity index (χ0n) is 13.6. The van der Waals surface area contributed by atoms with Crippen LogP contribution in [-0.2, 0) is 26.3 Å². The topological polar surface area (TPSA) is 106 Å². The van der Waals surface area contributed by atoms with Gasteiger partial charge in [0.1, 0.15) is 5.37 Å². The molecule has 0 aliphatic heterocycles. The first-order chi connectivity index (χ1) is 12.3. The Kier molecular flexibility index (Phi) is 6.17. The van der Waals surface area contributed by atoms with Gasteiger partial charge in [0.2, 0.25) is 0 Å². The third-order valence-corrected chi connectivity index (χ3v) is 7.96. The molecule has 13 heteroatoms. The average Bonchev–Trinajstić information content (AvgIpc) is 2.94. The van der Waals surface area contributed by atoms with Gasteiger partial charge in [-0.1, -0.05) is 17.7 Å². The molecule has 1 heterocycles. The van der Waals surface area contributed by atoms with E-state index in [9.17, 15) is 30.0 Å². The standard InChI is InChI=1S/C14H14ClF3N2O4S3/c1-8-10(15)3-2-4-12(8)27(23,24)20-11-7-25-6-9(11)5-13(19)26(21,22)14(16,17)18/h2-4,6-7,13,20H,5,19H2,1H3. The number of anilines is 1. The van der Waals surface area contributed by atoms with Crippen molar-refractivity contribution in [2.24, 2.45) is 5.73 Å². The van der Waals surface area contributed by atoms with Crippen LogP contribution in [0.1, 0.15) is 11.1 Å². The fourth-order valence-corrected chi connectivity index (χ4v) is 5.36. The Bertz CT molecular complexity index is 1050. The van der Waals surface area contributed by atoms with Gasteiger partial charge in [0, 0.05) is 16.8 Å². The summed E-state index contributed by atoms with van der Waals surface area (Å²) < 4.78 is 87.9. The first-order valence-electron chi connectivity index (χ1n) is 7.16. The molecule has 0 aliphatic rings. The Morgan fingerprint density at radius 3 is 2.44 bits per heavy atom. The van der Waals surface area contributed by atoms with E-state index in [0.29, 0.717) is 5.56 Å². The third kappa shape index (κ3) is 4.57. The van der Waals surface area contributed by atoms with Crippen molar-refractivity contribution >= 4 is 48.5 Å². The summed E-state index contributed by atoms with van der Waals surface area (Å²) in [6, 6.07) is 4.26. The molecule has 6 nitrogen and oxygen atoms in total. The number of hydrogen-bond acceptors (Lipinski definition) is 6. The van der Waals surface area contributed by atoms with Gasteiger partial charge >= 0.3 is 5.51 Å². The first kappa shape index (κ1) is 22.0. The highest BCUT2D eigenvalue weighted by Crippen LogP contribution is 2.31. The van der Waals surface area contributed by atoms with E-state index in [1.165, 1.54) is 35.9 Å². The fraction of sp³-hybridized carbons (Fsp3) is 0.286. The van der Waals surface area contributed by atoms with Crippen molar-refractivity contribution in [3.8, 4) is 0 Å². The lowest BCUT2D eigenvalue weighted by Crippen LogP contribution is -2.41. The van der Waals surface area contributed by atoms with Gasteiger partial charge in [-0.2, -0.15) is 13.2 Å². The smallest absolute Gasteiger partial charge is 0.315 e. The van der Waals surface area contributed by atoms with E-state index in [2.05, 4.69) is 4.72 Å². The molecule has 2 aromatic rings. The van der Waals surface area contributed by atoms with Crippen molar-refractivity contribution in [2.75, 3.05) is 4.72 Å². The van der Waals surface area contributed by atoms with Crippen molar-refractivity contribution in [1.82, 2.24) is 0 Å². The number of sulfone groups is 1. The monoisotopic (exact) mass is 462 g/mol. The Morgan fingerprint density at radius 1 is 1.22 bits per heavy atom. The minimum atomic E-state index is -5.59. The minimum Gasteiger partial charge on any atom is -0.315 e. The molecular formula is C14H14ClF3N2O4S3. The zero-order valence-corrected chi connectivity index (χ0v) is 16.8. The Hall–Kier alpha value is -1.34. The Balaban J connectivity index is 2.31. The van der Waals surface area contributed by atoms with E-state index in [1.807, 2.05) is 0 Å². The van der Waals surface area contributed by atoms with E-state index >= 15 is 0 Å². The van der Waals surface area contributed by atoms with E-state index in [0.717, 1.165) is 11.3 Å². The highest BCUT2D eigenvalue weighted by molar-refractivity contribution is 7.93. The van der Waals surface area contributed by atoms with Crippen molar-refractivity contribution in [1.29, 1.82) is 0 Å². The maximum absolute atomic E-state index is 12.6. The molecule has 1 aromatic carbocycles. The molecule has 1 atom stereocenters. The molecule has 0 aliphatic carbocycles. The Morgan fingerprint density at radius 2 is 1.85 bits per heavy atom. The fourth-order valence-electron chi connectivity index (χ4n) is 2.15. The van der Waals surface area contributed by atoms with Crippen LogP contribution in [0, 0.1) is 6.92 Å². The normalized spacial score (nSPS) is 14.1. The Labute approximate surface area is 163 Å². The molecule has 0 fully saturated rings. The number of nitrogens with one attached hydrogen (secondary N) is 1. The maximum Gasteiger partial charge on any atom is 0.498 e. The quantitative estimate of drug-likeness (QED) is 0.685. The van der Waals surface area contributed by atoms with Crippen LogP contribution in [0.2, 0.25) is 5.02 Å². The van der Waals surface area contributed by atoms with Crippen LogP contribution in [0.25, 0.3) is 0 Å². The van der Waals surface area contributed by atoms with Gasteiger partial charge in [-0.25, -0.2) is 16.8 Å². The molecule has 1 aromatic heterocycles. The van der Waals surface area contributed by atoms with E-state index in [-0.39, 0.29) is 21.2 Å². The van der Waals surface area contributed by atoms with Crippen LogP contribution in [0.4, 0.5) is 18.9 Å². The van der Waals surface area contributed by atoms with E-state index in [1.54, 1.807) is 0 Å². The summed E-state index contributed by atoms with van der Waals surface area (Å²) in [6.07, 6.45) is -0.711. The number of nitrogens with two attached hydrogens (primary N) is 1. The summed E-state index contributed by atoms with van der Waals surface area (Å²) in [4.78, 5) is -0.112. The second-order valence-corrected chi connectivity index (χ2v) is 10.5. The van der Waals surface area contributed by atoms with Crippen molar-refractivity contribution in [3.05, 3.63) is 45.1 Å². The molecule has 0 radical (unpaired) electrons. The molecule has 0 saturated heterocycles. The van der Waals surface area contributed by atoms with E-state index < -0.39 is 37.2 Å². The summed E-state index contributed by atoms with van der Waals surface area (Å²) in [6.45, 7) is 1.50. The predicted octanol–water partition coefficient (Wildman–Crippen LogP) is 3.27. The van der Waals surface area contributed by atoms with Crippen LogP contribution >= 0.6 is 22.9 Å². The maximum atomic E-state index is 12.6. The summed E-state index contributed by atoms with van der Waals surface area (Å²) in [5, 5.41) is 0.624. The van der Waals surface area contributed by atoms with Gasteiger partial charge < -0.3 is 5.73 Å². The van der Waals surface area contributed by atoms with Crippen LogP contribution in [0.15, 0.2) is 33.9 Å². The second-order valence-electron chi connectivity index (χ2n) is 5.51. The molecule has 3 N–H and O–H groups in total. The molecule has 2 rings (SSSR count). The van der Waals surface area contributed by atoms with Gasteiger partial charge in [-0.05, 0) is 35.6 Å². The average molecular weight is 463 g/mol. The number of halogens is 4. The number of sulfonamides is 1. The number of rotatable bonds is 6. The lowest BCUT2D eigenvalue weighted by atomic mass is 10.2. The number of benzene rings is 1. The number of alkyl halides is 3. The summed E-state index contributed by atoms with van der Waals surface area (Å²) in [5.74, 6) is 0. The van der Waals surface area contributed by atoms with E-state index in [4.69, 9.17) is 17.3 Å². The zero-order chi connectivity index (χ0) is 20.6. The third-order valence-electron chi connectivity index (χ3n) is 3.64.